The van der Waals surface area contributed by atoms with Gasteiger partial charge < -0.3 is 10.0 Å². The first-order valence-electron chi connectivity index (χ1n) is 7.58. The Morgan fingerprint density at radius 1 is 1.25 bits per heavy atom. The van der Waals surface area contributed by atoms with Crippen LogP contribution in [0.1, 0.15) is 23.2 Å². The highest BCUT2D eigenvalue weighted by molar-refractivity contribution is 7.89. The maximum Gasteiger partial charge on any atom is 0.306 e. The molecule has 0 unspecified atom stereocenters. The predicted molar refractivity (Wildman–Crippen MR) is 88.1 cm³/mol. The second-order valence-corrected chi connectivity index (χ2v) is 7.34. The van der Waals surface area contributed by atoms with Crippen LogP contribution >= 0.6 is 0 Å². The van der Waals surface area contributed by atoms with Crippen LogP contribution < -0.4 is 4.72 Å². The van der Waals surface area contributed by atoms with Gasteiger partial charge in [-0.05, 0) is 37.1 Å². The molecule has 1 aromatic carbocycles. The Kier molecular flexibility index (Phi) is 5.74. The number of hydrogen-bond acceptors (Lipinski definition) is 4. The van der Waals surface area contributed by atoms with Gasteiger partial charge in [0.05, 0.1) is 10.8 Å². The van der Waals surface area contributed by atoms with E-state index in [1.807, 2.05) is 0 Å². The Bertz CT molecular complexity index is 719. The van der Waals surface area contributed by atoms with E-state index in [9.17, 15) is 18.0 Å². The summed E-state index contributed by atoms with van der Waals surface area (Å²) in [4.78, 5) is 25.0. The molecule has 0 atom stereocenters. The molecule has 2 rings (SSSR count). The fraction of sp³-hybridized carbons (Fsp3) is 0.375. The third-order valence-electron chi connectivity index (χ3n) is 3.96. The van der Waals surface area contributed by atoms with Crippen molar-refractivity contribution in [2.24, 2.45) is 5.92 Å². The number of carbonyl (C=O) groups excluding carboxylic acids is 1. The van der Waals surface area contributed by atoms with Gasteiger partial charge in [-0.15, -0.1) is 6.58 Å². The van der Waals surface area contributed by atoms with Crippen molar-refractivity contribution in [3.05, 3.63) is 42.5 Å². The van der Waals surface area contributed by atoms with Crippen LogP contribution in [-0.2, 0) is 14.8 Å². The zero-order valence-electron chi connectivity index (χ0n) is 13.1. The number of carboxylic acids is 1. The molecule has 24 heavy (non-hydrogen) atoms. The Hall–Kier alpha value is -2.19. The van der Waals surface area contributed by atoms with Gasteiger partial charge >= 0.3 is 5.97 Å². The number of carbonyl (C=O) groups is 2. The number of sulfonamides is 1. The van der Waals surface area contributed by atoms with E-state index in [-0.39, 0.29) is 17.3 Å². The summed E-state index contributed by atoms with van der Waals surface area (Å²) in [6, 6.07) is 5.69. The smallest absolute Gasteiger partial charge is 0.306 e. The van der Waals surface area contributed by atoms with Crippen LogP contribution in [0.25, 0.3) is 0 Å². The average Bonchev–Trinajstić information content (AvgIpc) is 2.59. The number of nitrogens with zero attached hydrogens (tertiary/aromatic N) is 1. The molecule has 1 fully saturated rings. The van der Waals surface area contributed by atoms with Gasteiger partial charge in [0, 0.05) is 25.2 Å². The van der Waals surface area contributed by atoms with Gasteiger partial charge in [0.1, 0.15) is 0 Å². The van der Waals surface area contributed by atoms with Crippen LogP contribution in [0, 0.1) is 5.92 Å². The zero-order valence-corrected chi connectivity index (χ0v) is 14.0. The van der Waals surface area contributed by atoms with Crippen LogP contribution in [0.4, 0.5) is 0 Å². The van der Waals surface area contributed by atoms with Gasteiger partial charge in [-0.2, -0.15) is 0 Å². The van der Waals surface area contributed by atoms with Crippen molar-refractivity contribution in [2.45, 2.75) is 17.7 Å². The van der Waals surface area contributed by atoms with Crippen molar-refractivity contribution < 1.29 is 23.1 Å². The normalized spacial score (nSPS) is 15.9. The topological polar surface area (TPSA) is 104 Å². The molecule has 1 heterocycles. The zero-order chi connectivity index (χ0) is 17.7. The first-order valence-corrected chi connectivity index (χ1v) is 9.06. The Labute approximate surface area is 141 Å². The summed E-state index contributed by atoms with van der Waals surface area (Å²) >= 11 is 0. The number of rotatable bonds is 6. The van der Waals surface area contributed by atoms with Crippen LogP contribution in [0.3, 0.4) is 0 Å². The van der Waals surface area contributed by atoms with Gasteiger partial charge in [-0.25, -0.2) is 13.1 Å². The van der Waals surface area contributed by atoms with Gasteiger partial charge in [-0.1, -0.05) is 6.08 Å². The molecular weight excluding hydrogens is 332 g/mol. The van der Waals surface area contributed by atoms with Crippen molar-refractivity contribution in [2.75, 3.05) is 19.6 Å². The van der Waals surface area contributed by atoms with Crippen molar-refractivity contribution in [1.29, 1.82) is 0 Å². The van der Waals surface area contributed by atoms with E-state index < -0.39 is 21.9 Å². The van der Waals surface area contributed by atoms with Crippen LogP contribution in [0.5, 0.6) is 0 Å². The minimum Gasteiger partial charge on any atom is -0.481 e. The fourth-order valence-electron chi connectivity index (χ4n) is 2.54. The molecule has 8 heteroatoms. The highest BCUT2D eigenvalue weighted by atomic mass is 32.2. The number of carboxylic acid groups (broad SMARTS) is 1. The highest BCUT2D eigenvalue weighted by Gasteiger charge is 2.27. The molecule has 0 spiro atoms. The summed E-state index contributed by atoms with van der Waals surface area (Å²) in [6.07, 6.45) is 2.30. The van der Waals surface area contributed by atoms with E-state index in [1.165, 1.54) is 30.3 Å². The largest absolute Gasteiger partial charge is 0.481 e. The van der Waals surface area contributed by atoms with Gasteiger partial charge in [0.15, 0.2) is 0 Å². The maximum atomic E-state index is 12.4. The third-order valence-corrected chi connectivity index (χ3v) is 5.40. The van der Waals surface area contributed by atoms with Crippen molar-refractivity contribution >= 4 is 21.9 Å². The maximum absolute atomic E-state index is 12.4. The minimum atomic E-state index is -3.62. The first-order chi connectivity index (χ1) is 11.3. The second-order valence-electron chi connectivity index (χ2n) is 5.57. The number of hydrogen-bond donors (Lipinski definition) is 2. The third kappa shape index (κ3) is 4.21. The summed E-state index contributed by atoms with van der Waals surface area (Å²) in [5.74, 6) is -1.46. The molecule has 1 aliphatic rings. The Morgan fingerprint density at radius 2 is 1.83 bits per heavy atom. The van der Waals surface area contributed by atoms with E-state index in [1.54, 1.807) is 4.90 Å². The number of amides is 1. The van der Waals surface area contributed by atoms with E-state index in [4.69, 9.17) is 5.11 Å². The molecule has 0 radical (unpaired) electrons. The minimum absolute atomic E-state index is 0.0745. The van der Waals surface area contributed by atoms with Crippen LogP contribution in [0.15, 0.2) is 41.8 Å². The predicted octanol–water partition coefficient (Wildman–Crippen LogP) is 1.09. The fourth-order valence-corrected chi connectivity index (χ4v) is 3.54. The molecular formula is C16H20N2O5S. The SMILES string of the molecule is C=CCNS(=O)(=O)c1ccc(C(=O)N2CCC(C(=O)O)CC2)cc1. The number of likely N-dealkylation sites (tertiary alicyclic amines) is 1. The van der Waals surface area contributed by atoms with E-state index >= 15 is 0 Å². The molecule has 1 saturated heterocycles. The molecule has 0 aliphatic carbocycles. The average molecular weight is 352 g/mol. The molecule has 1 aromatic rings. The molecule has 1 aliphatic heterocycles. The lowest BCUT2D eigenvalue weighted by Gasteiger charge is -2.30. The molecule has 0 bridgehead atoms. The number of nitrogens with one attached hydrogen (secondary N) is 1. The molecule has 130 valence electrons. The molecule has 0 saturated carbocycles. The van der Waals surface area contributed by atoms with Crippen molar-refractivity contribution in [1.82, 2.24) is 9.62 Å². The van der Waals surface area contributed by atoms with E-state index in [0.29, 0.717) is 31.5 Å². The molecule has 7 nitrogen and oxygen atoms in total. The van der Waals surface area contributed by atoms with Gasteiger partial charge in [-0.3, -0.25) is 9.59 Å². The van der Waals surface area contributed by atoms with Gasteiger partial charge in [0.25, 0.3) is 5.91 Å². The second kappa shape index (κ2) is 7.59. The quantitative estimate of drug-likeness (QED) is 0.746. The monoisotopic (exact) mass is 352 g/mol. The number of piperidine rings is 1. The van der Waals surface area contributed by atoms with Gasteiger partial charge in [0.2, 0.25) is 10.0 Å². The lowest BCUT2D eigenvalue weighted by atomic mass is 9.96. The standard InChI is InChI=1S/C16H20N2O5S/c1-2-9-17-24(22,23)14-5-3-12(4-6-14)15(19)18-10-7-13(8-11-18)16(20)21/h2-6,13,17H,1,7-11H2,(H,20,21). The summed E-state index contributed by atoms with van der Waals surface area (Å²) < 4.78 is 26.3. The lowest BCUT2D eigenvalue weighted by molar-refractivity contribution is -0.143. The lowest BCUT2D eigenvalue weighted by Crippen LogP contribution is -2.40. The number of aliphatic carboxylic acids is 1. The molecule has 2 N–H and O–H groups in total. The highest BCUT2D eigenvalue weighted by Crippen LogP contribution is 2.20. The van der Waals surface area contributed by atoms with E-state index in [2.05, 4.69) is 11.3 Å². The number of benzene rings is 1. The van der Waals surface area contributed by atoms with Crippen molar-refractivity contribution in [3.63, 3.8) is 0 Å². The van der Waals surface area contributed by atoms with Crippen LogP contribution in [-0.4, -0.2) is 49.9 Å². The molecule has 1 amide bonds. The summed E-state index contributed by atoms with van der Waals surface area (Å²) in [5, 5.41) is 8.98. The van der Waals surface area contributed by atoms with Crippen molar-refractivity contribution in [3.8, 4) is 0 Å². The first kappa shape index (κ1) is 18.2. The van der Waals surface area contributed by atoms with Crippen LogP contribution in [0.2, 0.25) is 0 Å². The summed E-state index contributed by atoms with van der Waals surface area (Å²) in [6.45, 7) is 4.35. The summed E-state index contributed by atoms with van der Waals surface area (Å²) in [5.41, 5.74) is 0.381. The Morgan fingerprint density at radius 3 is 2.33 bits per heavy atom. The Balaban J connectivity index is 2.04. The molecule has 0 aromatic heterocycles. The van der Waals surface area contributed by atoms with E-state index in [0.717, 1.165) is 0 Å². The summed E-state index contributed by atoms with van der Waals surface area (Å²) in [7, 11) is -3.62.